The molecular formula is C22H29FN4O5S. The standard InChI is InChI=1S/C22H29FN4O5S/c1-25-16-19(33(29,30)27-8-12-32-13-9-27)14-20(25)22(28)24-15-21(26-6-10-31-11-7-26)17-2-4-18(23)5-3-17/h2-5,14,16,21H,6-13,15H2,1H3,(H,24,28). The lowest BCUT2D eigenvalue weighted by Crippen LogP contribution is -2.44. The highest BCUT2D eigenvalue weighted by Crippen LogP contribution is 2.23. The van der Waals surface area contributed by atoms with Crippen LogP contribution in [0.4, 0.5) is 4.39 Å². The maximum absolute atomic E-state index is 13.4. The number of carbonyl (C=O) groups is 1. The first-order chi connectivity index (χ1) is 15.9. The van der Waals surface area contributed by atoms with Gasteiger partial charge in [-0.1, -0.05) is 12.1 Å². The summed E-state index contributed by atoms with van der Waals surface area (Å²) in [6.07, 6.45) is 1.46. The average molecular weight is 481 g/mol. The van der Waals surface area contributed by atoms with Gasteiger partial charge in [-0.2, -0.15) is 4.31 Å². The van der Waals surface area contributed by atoms with Gasteiger partial charge < -0.3 is 19.4 Å². The summed E-state index contributed by atoms with van der Waals surface area (Å²) in [5, 5.41) is 2.93. The predicted octanol–water partition coefficient (Wildman–Crippen LogP) is 0.988. The van der Waals surface area contributed by atoms with E-state index in [0.29, 0.717) is 46.1 Å². The molecule has 9 nitrogen and oxygen atoms in total. The topological polar surface area (TPSA) is 93.1 Å². The van der Waals surface area contributed by atoms with E-state index in [-0.39, 0.29) is 41.4 Å². The van der Waals surface area contributed by atoms with Crippen molar-refractivity contribution in [2.75, 3.05) is 59.2 Å². The molecule has 0 bridgehead atoms. The zero-order chi connectivity index (χ0) is 23.4. The monoisotopic (exact) mass is 480 g/mol. The summed E-state index contributed by atoms with van der Waals surface area (Å²) in [5.74, 6) is -0.692. The lowest BCUT2D eigenvalue weighted by molar-refractivity contribution is 0.0162. The maximum Gasteiger partial charge on any atom is 0.268 e. The average Bonchev–Trinajstić information content (AvgIpc) is 3.24. The number of nitrogens with zero attached hydrogens (tertiary/aromatic N) is 3. The van der Waals surface area contributed by atoms with Gasteiger partial charge in [0.25, 0.3) is 5.91 Å². The van der Waals surface area contributed by atoms with Gasteiger partial charge in [-0.3, -0.25) is 9.69 Å². The van der Waals surface area contributed by atoms with Gasteiger partial charge in [0.2, 0.25) is 10.0 Å². The van der Waals surface area contributed by atoms with Crippen LogP contribution in [-0.4, -0.2) is 87.2 Å². The van der Waals surface area contributed by atoms with Gasteiger partial charge >= 0.3 is 0 Å². The van der Waals surface area contributed by atoms with Crippen molar-refractivity contribution < 1.29 is 27.1 Å². The molecule has 1 aromatic heterocycles. The fourth-order valence-corrected chi connectivity index (χ4v) is 5.63. The van der Waals surface area contributed by atoms with Crippen LogP contribution in [0.3, 0.4) is 0 Å². The smallest absolute Gasteiger partial charge is 0.268 e. The molecule has 1 aromatic carbocycles. The zero-order valence-corrected chi connectivity index (χ0v) is 19.4. The van der Waals surface area contributed by atoms with Gasteiger partial charge in [-0.15, -0.1) is 0 Å². The van der Waals surface area contributed by atoms with Crippen LogP contribution in [0.1, 0.15) is 22.1 Å². The highest BCUT2D eigenvalue weighted by Gasteiger charge is 2.29. The third-order valence-electron chi connectivity index (χ3n) is 6.02. The summed E-state index contributed by atoms with van der Waals surface area (Å²) in [7, 11) is -2.05. The van der Waals surface area contributed by atoms with Crippen molar-refractivity contribution >= 4 is 15.9 Å². The number of nitrogens with one attached hydrogen (secondary N) is 1. The van der Waals surface area contributed by atoms with Crippen LogP contribution in [0, 0.1) is 5.82 Å². The first kappa shape index (κ1) is 23.8. The molecule has 180 valence electrons. The summed E-state index contributed by atoms with van der Waals surface area (Å²) in [5.41, 5.74) is 1.14. The first-order valence-corrected chi connectivity index (χ1v) is 12.4. The predicted molar refractivity (Wildman–Crippen MR) is 119 cm³/mol. The van der Waals surface area contributed by atoms with Gasteiger partial charge in [0.15, 0.2) is 0 Å². The van der Waals surface area contributed by atoms with Crippen LogP contribution in [0.2, 0.25) is 0 Å². The van der Waals surface area contributed by atoms with E-state index < -0.39 is 10.0 Å². The molecule has 2 aliphatic heterocycles. The molecule has 2 saturated heterocycles. The normalized spacial score (nSPS) is 19.3. The van der Waals surface area contributed by atoms with E-state index in [0.717, 1.165) is 5.56 Å². The Balaban J connectivity index is 1.49. The third kappa shape index (κ3) is 5.44. The molecule has 2 aromatic rings. The fraction of sp³-hybridized carbons (Fsp3) is 0.500. The van der Waals surface area contributed by atoms with Crippen LogP contribution >= 0.6 is 0 Å². The molecule has 3 heterocycles. The second-order valence-corrected chi connectivity index (χ2v) is 10.1. The molecule has 1 unspecified atom stereocenters. The van der Waals surface area contributed by atoms with Crippen LogP contribution in [0.15, 0.2) is 41.4 Å². The summed E-state index contributed by atoms with van der Waals surface area (Å²) >= 11 is 0. The lowest BCUT2D eigenvalue weighted by Gasteiger charge is -2.35. The zero-order valence-electron chi connectivity index (χ0n) is 18.6. The Morgan fingerprint density at radius 3 is 2.30 bits per heavy atom. The Labute approximate surface area is 193 Å². The van der Waals surface area contributed by atoms with E-state index in [2.05, 4.69) is 10.2 Å². The molecule has 1 atom stereocenters. The van der Waals surface area contributed by atoms with Crippen molar-refractivity contribution in [3.8, 4) is 0 Å². The molecule has 11 heteroatoms. The van der Waals surface area contributed by atoms with E-state index in [4.69, 9.17) is 9.47 Å². The molecule has 1 amide bonds. The van der Waals surface area contributed by atoms with Crippen molar-refractivity contribution in [2.24, 2.45) is 7.05 Å². The molecule has 0 spiro atoms. The number of amides is 1. The van der Waals surface area contributed by atoms with E-state index in [1.807, 2.05) is 0 Å². The highest BCUT2D eigenvalue weighted by atomic mass is 32.2. The number of ether oxygens (including phenoxy) is 2. The van der Waals surface area contributed by atoms with E-state index >= 15 is 0 Å². The third-order valence-corrected chi connectivity index (χ3v) is 7.88. The van der Waals surface area contributed by atoms with Crippen LogP contribution in [0.5, 0.6) is 0 Å². The van der Waals surface area contributed by atoms with Gasteiger partial charge in [0.05, 0.1) is 32.5 Å². The largest absolute Gasteiger partial charge is 0.379 e. The van der Waals surface area contributed by atoms with Gasteiger partial charge in [0.1, 0.15) is 16.4 Å². The number of morpholine rings is 2. The number of sulfonamides is 1. The summed E-state index contributed by atoms with van der Waals surface area (Å²) in [4.78, 5) is 15.3. The Bertz CT molecular complexity index is 1060. The molecule has 33 heavy (non-hydrogen) atoms. The van der Waals surface area contributed by atoms with Crippen LogP contribution in [-0.2, 0) is 26.5 Å². The molecule has 0 saturated carbocycles. The molecule has 0 aliphatic carbocycles. The van der Waals surface area contributed by atoms with Crippen molar-refractivity contribution in [1.29, 1.82) is 0 Å². The molecular weight excluding hydrogens is 451 g/mol. The van der Waals surface area contributed by atoms with E-state index in [9.17, 15) is 17.6 Å². The van der Waals surface area contributed by atoms with Gasteiger partial charge in [-0.05, 0) is 23.8 Å². The van der Waals surface area contributed by atoms with E-state index in [1.54, 1.807) is 19.2 Å². The minimum absolute atomic E-state index is 0.0836. The molecule has 1 N–H and O–H groups in total. The fourth-order valence-electron chi connectivity index (χ4n) is 4.15. The minimum atomic E-state index is -3.70. The number of hydrogen-bond donors (Lipinski definition) is 1. The van der Waals surface area contributed by atoms with Gasteiger partial charge in [-0.25, -0.2) is 12.8 Å². The quantitative estimate of drug-likeness (QED) is 0.636. The van der Waals surface area contributed by atoms with Crippen molar-refractivity contribution in [3.05, 3.63) is 53.6 Å². The van der Waals surface area contributed by atoms with Crippen molar-refractivity contribution in [3.63, 3.8) is 0 Å². The Morgan fingerprint density at radius 1 is 1.06 bits per heavy atom. The second kappa shape index (κ2) is 10.3. The lowest BCUT2D eigenvalue weighted by atomic mass is 10.0. The molecule has 2 aliphatic rings. The summed E-state index contributed by atoms with van der Waals surface area (Å²) in [6, 6.07) is 7.50. The molecule has 2 fully saturated rings. The molecule has 4 rings (SSSR count). The number of halogens is 1. The second-order valence-electron chi connectivity index (χ2n) is 8.11. The van der Waals surface area contributed by atoms with Crippen LogP contribution in [0.25, 0.3) is 0 Å². The number of hydrogen-bond acceptors (Lipinski definition) is 6. The Morgan fingerprint density at radius 2 is 1.67 bits per heavy atom. The number of benzene rings is 1. The van der Waals surface area contributed by atoms with Crippen molar-refractivity contribution in [1.82, 2.24) is 19.1 Å². The number of rotatable bonds is 7. The maximum atomic E-state index is 13.4. The summed E-state index contributed by atoms with van der Waals surface area (Å²) in [6.45, 7) is 4.15. The summed E-state index contributed by atoms with van der Waals surface area (Å²) < 4.78 is 52.9. The SMILES string of the molecule is Cn1cc(S(=O)(=O)N2CCOCC2)cc1C(=O)NCC(c1ccc(F)cc1)N1CCOCC1. The number of carbonyl (C=O) groups excluding carboxylic acids is 1. The van der Waals surface area contributed by atoms with Crippen molar-refractivity contribution in [2.45, 2.75) is 10.9 Å². The molecule has 0 radical (unpaired) electrons. The Hall–Kier alpha value is -2.31. The van der Waals surface area contributed by atoms with E-state index in [1.165, 1.54) is 33.3 Å². The number of aryl methyl sites for hydroxylation is 1. The minimum Gasteiger partial charge on any atom is -0.379 e. The first-order valence-electron chi connectivity index (χ1n) is 11.0. The number of aromatic nitrogens is 1. The van der Waals surface area contributed by atoms with Crippen LogP contribution < -0.4 is 5.32 Å². The highest BCUT2D eigenvalue weighted by molar-refractivity contribution is 7.89. The van der Waals surface area contributed by atoms with Gasteiger partial charge in [0, 0.05) is 46.0 Å². The Kier molecular flexibility index (Phi) is 7.45.